The molecule has 0 aromatic carbocycles. The number of nitrogens with zero attached hydrogens (tertiary/aromatic N) is 1. The Kier molecular flexibility index (Phi) is 8.95. The molecule has 108 valence electrons. The molecule has 0 spiro atoms. The lowest BCUT2D eigenvalue weighted by Gasteiger charge is -2.16. The van der Waals surface area contributed by atoms with E-state index in [1.165, 1.54) is 25.9 Å². The van der Waals surface area contributed by atoms with Gasteiger partial charge in [-0.25, -0.2) is 0 Å². The molecule has 4 nitrogen and oxygen atoms in total. The van der Waals surface area contributed by atoms with Crippen molar-refractivity contribution >= 4 is 30.7 Å². The molecule has 1 saturated heterocycles. The number of hydrogen-bond acceptors (Lipinski definition) is 3. The minimum atomic E-state index is 0. The van der Waals surface area contributed by atoms with E-state index in [9.17, 15) is 4.79 Å². The summed E-state index contributed by atoms with van der Waals surface area (Å²) in [5.74, 6) is 0.390. The van der Waals surface area contributed by atoms with Crippen molar-refractivity contribution in [3.05, 3.63) is 0 Å². The lowest BCUT2D eigenvalue weighted by atomic mass is 10.1. The van der Waals surface area contributed by atoms with Crippen LogP contribution >= 0.6 is 24.8 Å². The first kappa shape index (κ1) is 18.0. The summed E-state index contributed by atoms with van der Waals surface area (Å²) < 4.78 is 0. The van der Waals surface area contributed by atoms with Crippen molar-refractivity contribution in [2.75, 3.05) is 26.2 Å². The van der Waals surface area contributed by atoms with Crippen LogP contribution in [0.2, 0.25) is 0 Å². The number of amides is 1. The molecule has 18 heavy (non-hydrogen) atoms. The van der Waals surface area contributed by atoms with Crippen molar-refractivity contribution in [1.29, 1.82) is 0 Å². The monoisotopic (exact) mass is 297 g/mol. The Balaban J connectivity index is 0.00000144. The average Bonchev–Trinajstić information content (AvgIpc) is 2.89. The van der Waals surface area contributed by atoms with Gasteiger partial charge in [0.15, 0.2) is 0 Å². The standard InChI is InChI=1S/C12H23N3O.2ClH/c13-11-4-3-10(9-11)12(16)14-5-8-15-6-1-2-7-15;;/h10-11H,1-9,13H2,(H,14,16);2*1H. The highest BCUT2D eigenvalue weighted by Crippen LogP contribution is 2.23. The summed E-state index contributed by atoms with van der Waals surface area (Å²) in [6.45, 7) is 4.20. The number of nitrogens with two attached hydrogens (primary N) is 1. The van der Waals surface area contributed by atoms with Gasteiger partial charge in [-0.1, -0.05) is 0 Å². The molecule has 2 fully saturated rings. The van der Waals surface area contributed by atoms with E-state index in [1.807, 2.05) is 0 Å². The molecular weight excluding hydrogens is 273 g/mol. The molecule has 1 saturated carbocycles. The van der Waals surface area contributed by atoms with Crippen molar-refractivity contribution in [3.8, 4) is 0 Å². The summed E-state index contributed by atoms with van der Waals surface area (Å²) in [7, 11) is 0. The summed E-state index contributed by atoms with van der Waals surface area (Å²) >= 11 is 0. The highest BCUT2D eigenvalue weighted by atomic mass is 35.5. The van der Waals surface area contributed by atoms with E-state index >= 15 is 0 Å². The number of hydrogen-bond donors (Lipinski definition) is 2. The molecule has 0 aromatic heterocycles. The first-order valence-corrected chi connectivity index (χ1v) is 6.51. The minimum Gasteiger partial charge on any atom is -0.355 e. The Morgan fingerprint density at radius 3 is 2.44 bits per heavy atom. The summed E-state index contributed by atoms with van der Waals surface area (Å²) in [6.07, 6.45) is 5.47. The summed E-state index contributed by atoms with van der Waals surface area (Å²) in [5.41, 5.74) is 5.80. The van der Waals surface area contributed by atoms with Crippen LogP contribution in [0.15, 0.2) is 0 Å². The molecule has 3 N–H and O–H groups in total. The van der Waals surface area contributed by atoms with Crippen molar-refractivity contribution in [3.63, 3.8) is 0 Å². The van der Waals surface area contributed by atoms with E-state index in [0.29, 0.717) is 0 Å². The Labute approximate surface area is 122 Å². The zero-order valence-electron chi connectivity index (χ0n) is 10.8. The number of carbonyl (C=O) groups is 1. The molecule has 2 atom stereocenters. The minimum absolute atomic E-state index is 0. The zero-order valence-corrected chi connectivity index (χ0v) is 12.4. The summed E-state index contributed by atoms with van der Waals surface area (Å²) in [5, 5.41) is 3.04. The summed E-state index contributed by atoms with van der Waals surface area (Å²) in [6, 6.07) is 0.245. The third kappa shape index (κ3) is 5.31. The first-order valence-electron chi connectivity index (χ1n) is 6.51. The third-order valence-electron chi connectivity index (χ3n) is 3.77. The van der Waals surface area contributed by atoms with Crippen LogP contribution in [-0.4, -0.2) is 43.0 Å². The van der Waals surface area contributed by atoms with Crippen LogP contribution in [0.1, 0.15) is 32.1 Å². The molecule has 1 aliphatic carbocycles. The maximum atomic E-state index is 11.8. The van der Waals surface area contributed by atoms with E-state index in [0.717, 1.165) is 32.4 Å². The smallest absolute Gasteiger partial charge is 0.223 e. The molecule has 0 aromatic rings. The van der Waals surface area contributed by atoms with Crippen LogP contribution in [0.25, 0.3) is 0 Å². The number of nitrogens with one attached hydrogen (secondary N) is 1. The van der Waals surface area contributed by atoms with Gasteiger partial charge < -0.3 is 16.0 Å². The van der Waals surface area contributed by atoms with Gasteiger partial charge in [-0.3, -0.25) is 4.79 Å². The van der Waals surface area contributed by atoms with Gasteiger partial charge in [0, 0.05) is 25.0 Å². The van der Waals surface area contributed by atoms with Gasteiger partial charge in [0.25, 0.3) is 0 Å². The van der Waals surface area contributed by atoms with E-state index in [4.69, 9.17) is 5.73 Å². The molecule has 1 aliphatic heterocycles. The fourth-order valence-corrected chi connectivity index (χ4v) is 2.74. The van der Waals surface area contributed by atoms with E-state index in [-0.39, 0.29) is 42.7 Å². The highest BCUT2D eigenvalue weighted by molar-refractivity contribution is 5.85. The Hall–Kier alpha value is -0.0300. The number of rotatable bonds is 4. The Morgan fingerprint density at radius 2 is 1.89 bits per heavy atom. The second-order valence-electron chi connectivity index (χ2n) is 5.11. The van der Waals surface area contributed by atoms with Crippen LogP contribution in [0.5, 0.6) is 0 Å². The number of halogens is 2. The van der Waals surface area contributed by atoms with Gasteiger partial charge in [-0.2, -0.15) is 0 Å². The number of carbonyl (C=O) groups excluding carboxylic acids is 1. The van der Waals surface area contributed by atoms with Crippen LogP contribution < -0.4 is 11.1 Å². The number of likely N-dealkylation sites (tertiary alicyclic amines) is 1. The molecule has 2 rings (SSSR count). The molecule has 1 amide bonds. The average molecular weight is 298 g/mol. The second-order valence-corrected chi connectivity index (χ2v) is 5.11. The zero-order chi connectivity index (χ0) is 11.4. The predicted octanol–water partition coefficient (Wildman–Crippen LogP) is 1.17. The molecule has 1 heterocycles. The lowest BCUT2D eigenvalue weighted by Crippen LogP contribution is -2.36. The van der Waals surface area contributed by atoms with Crippen molar-refractivity contribution < 1.29 is 4.79 Å². The molecule has 0 bridgehead atoms. The first-order chi connectivity index (χ1) is 7.75. The largest absolute Gasteiger partial charge is 0.355 e. The molecule has 2 unspecified atom stereocenters. The van der Waals surface area contributed by atoms with Crippen molar-refractivity contribution in [2.45, 2.75) is 38.1 Å². The van der Waals surface area contributed by atoms with Crippen LogP contribution in [0.4, 0.5) is 0 Å². The van der Waals surface area contributed by atoms with E-state index in [2.05, 4.69) is 10.2 Å². The lowest BCUT2D eigenvalue weighted by molar-refractivity contribution is -0.124. The maximum Gasteiger partial charge on any atom is 0.223 e. The molecule has 6 heteroatoms. The fourth-order valence-electron chi connectivity index (χ4n) is 2.74. The Bertz CT molecular complexity index is 247. The van der Waals surface area contributed by atoms with Crippen molar-refractivity contribution in [2.24, 2.45) is 11.7 Å². The van der Waals surface area contributed by atoms with Gasteiger partial charge in [0.05, 0.1) is 0 Å². The Morgan fingerprint density at radius 1 is 1.22 bits per heavy atom. The van der Waals surface area contributed by atoms with Crippen LogP contribution in [0.3, 0.4) is 0 Å². The maximum absolute atomic E-state index is 11.8. The molecule has 2 aliphatic rings. The van der Waals surface area contributed by atoms with Crippen LogP contribution in [-0.2, 0) is 4.79 Å². The SMILES string of the molecule is Cl.Cl.NC1CCC(C(=O)NCCN2CCCC2)C1. The van der Waals surface area contributed by atoms with Gasteiger partial charge in [0.1, 0.15) is 0 Å². The van der Waals surface area contributed by atoms with Gasteiger partial charge in [0.2, 0.25) is 5.91 Å². The second kappa shape index (κ2) is 8.97. The van der Waals surface area contributed by atoms with E-state index in [1.54, 1.807) is 0 Å². The van der Waals surface area contributed by atoms with Crippen molar-refractivity contribution in [1.82, 2.24) is 10.2 Å². The molecule has 0 radical (unpaired) electrons. The third-order valence-corrected chi connectivity index (χ3v) is 3.77. The highest BCUT2D eigenvalue weighted by Gasteiger charge is 2.27. The quantitative estimate of drug-likeness (QED) is 0.819. The fraction of sp³-hybridized carbons (Fsp3) is 0.917. The van der Waals surface area contributed by atoms with Gasteiger partial charge in [-0.15, -0.1) is 24.8 Å². The normalized spacial score (nSPS) is 27.4. The van der Waals surface area contributed by atoms with Gasteiger partial charge >= 0.3 is 0 Å². The predicted molar refractivity (Wildman–Crippen MR) is 78.5 cm³/mol. The molecular formula is C12H25Cl2N3O. The van der Waals surface area contributed by atoms with Gasteiger partial charge in [-0.05, 0) is 45.2 Å². The summed E-state index contributed by atoms with van der Waals surface area (Å²) in [4.78, 5) is 14.2. The van der Waals surface area contributed by atoms with Crippen LogP contribution in [0, 0.1) is 5.92 Å². The topological polar surface area (TPSA) is 58.4 Å². The van der Waals surface area contributed by atoms with E-state index < -0.39 is 0 Å².